The van der Waals surface area contributed by atoms with Gasteiger partial charge in [-0.3, -0.25) is 14.9 Å². The normalized spacial score (nSPS) is 12.3. The molecule has 0 saturated heterocycles. The van der Waals surface area contributed by atoms with Crippen LogP contribution in [0.3, 0.4) is 0 Å². The second-order valence-corrected chi connectivity index (χ2v) is 12.2. The third kappa shape index (κ3) is 5.79. The Bertz CT molecular complexity index is 776. The minimum atomic E-state index is -0.863. The first kappa shape index (κ1) is 19.9. The predicted octanol–water partition coefficient (Wildman–Crippen LogP) is 4.91. The third-order valence-corrected chi connectivity index (χ3v) is 4.66. The number of hydrogen-bond donors (Lipinski definition) is 2. The summed E-state index contributed by atoms with van der Waals surface area (Å²) in [5, 5.41) is 16.8. The van der Waals surface area contributed by atoms with Gasteiger partial charge in [0.05, 0.1) is 4.92 Å². The molecule has 2 N–H and O–H groups in total. The Morgan fingerprint density at radius 2 is 1.80 bits per heavy atom. The number of nitro groups is 1. The molecule has 0 aromatic heterocycles. The summed E-state index contributed by atoms with van der Waals surface area (Å²) in [7, 11) is 0. The van der Waals surface area contributed by atoms with Crippen molar-refractivity contribution in [2.24, 2.45) is 0 Å². The highest BCUT2D eigenvalue weighted by Crippen LogP contribution is 2.38. The SMILES string of the molecule is Cc1ccc(C(=O)NC(Nc2cccc([N+](=O)[O-])c2)C(Br)(Br)Br)cc1. The fraction of sp³-hybridized carbons (Fsp3) is 0.188. The van der Waals surface area contributed by atoms with Crippen LogP contribution in [0.1, 0.15) is 15.9 Å². The van der Waals surface area contributed by atoms with Crippen molar-refractivity contribution in [3.63, 3.8) is 0 Å². The lowest BCUT2D eigenvalue weighted by Crippen LogP contribution is -2.48. The molecule has 132 valence electrons. The molecular formula is C16H14Br3N3O3. The molecule has 0 spiro atoms. The summed E-state index contributed by atoms with van der Waals surface area (Å²) >= 11 is 10.2. The zero-order chi connectivity index (χ0) is 18.6. The number of anilines is 1. The van der Waals surface area contributed by atoms with Gasteiger partial charge in [0.15, 0.2) is 2.14 Å². The van der Waals surface area contributed by atoms with E-state index in [9.17, 15) is 14.9 Å². The summed E-state index contributed by atoms with van der Waals surface area (Å²) in [6.45, 7) is 1.94. The number of benzene rings is 2. The summed E-state index contributed by atoms with van der Waals surface area (Å²) in [5.74, 6) is -0.286. The highest BCUT2D eigenvalue weighted by Gasteiger charge is 2.32. The minimum Gasteiger partial charge on any atom is -0.363 e. The van der Waals surface area contributed by atoms with Crippen LogP contribution >= 0.6 is 47.8 Å². The van der Waals surface area contributed by atoms with Crippen LogP contribution in [-0.2, 0) is 0 Å². The van der Waals surface area contributed by atoms with E-state index in [-0.39, 0.29) is 11.6 Å². The van der Waals surface area contributed by atoms with E-state index in [1.807, 2.05) is 19.1 Å². The van der Waals surface area contributed by atoms with Crippen LogP contribution in [0.15, 0.2) is 48.5 Å². The largest absolute Gasteiger partial charge is 0.363 e. The van der Waals surface area contributed by atoms with E-state index in [0.29, 0.717) is 11.3 Å². The number of non-ortho nitro benzene ring substituents is 1. The van der Waals surface area contributed by atoms with Gasteiger partial charge < -0.3 is 10.6 Å². The van der Waals surface area contributed by atoms with Gasteiger partial charge in [0.2, 0.25) is 0 Å². The van der Waals surface area contributed by atoms with E-state index in [0.717, 1.165) is 5.56 Å². The molecule has 0 bridgehead atoms. The third-order valence-electron chi connectivity index (χ3n) is 3.28. The van der Waals surface area contributed by atoms with Crippen LogP contribution < -0.4 is 10.6 Å². The molecule has 2 rings (SSSR count). The highest BCUT2D eigenvalue weighted by atomic mass is 80.0. The molecule has 0 aliphatic carbocycles. The maximum absolute atomic E-state index is 12.5. The topological polar surface area (TPSA) is 84.3 Å². The smallest absolute Gasteiger partial charge is 0.271 e. The van der Waals surface area contributed by atoms with Gasteiger partial charge in [0, 0.05) is 23.4 Å². The Morgan fingerprint density at radius 3 is 2.36 bits per heavy atom. The van der Waals surface area contributed by atoms with Gasteiger partial charge in [0.25, 0.3) is 11.6 Å². The van der Waals surface area contributed by atoms with Crippen molar-refractivity contribution in [2.75, 3.05) is 5.32 Å². The van der Waals surface area contributed by atoms with Crippen LogP contribution in [0.25, 0.3) is 0 Å². The molecule has 0 fully saturated rings. The minimum absolute atomic E-state index is 0.0436. The lowest BCUT2D eigenvalue weighted by atomic mass is 10.1. The number of nitrogens with one attached hydrogen (secondary N) is 2. The van der Waals surface area contributed by atoms with Crippen molar-refractivity contribution in [1.29, 1.82) is 0 Å². The Kier molecular flexibility index (Phi) is 6.59. The first-order valence-electron chi connectivity index (χ1n) is 7.12. The van der Waals surface area contributed by atoms with Crippen LogP contribution in [-0.4, -0.2) is 19.1 Å². The molecule has 2 aromatic carbocycles. The predicted molar refractivity (Wildman–Crippen MR) is 109 cm³/mol. The summed E-state index contributed by atoms with van der Waals surface area (Å²) in [4.78, 5) is 22.9. The fourth-order valence-electron chi connectivity index (χ4n) is 2.00. The number of nitrogens with zero attached hydrogens (tertiary/aromatic N) is 1. The summed E-state index contributed by atoms with van der Waals surface area (Å²) in [6, 6.07) is 13.2. The van der Waals surface area contributed by atoms with Gasteiger partial charge in [-0.2, -0.15) is 0 Å². The highest BCUT2D eigenvalue weighted by molar-refractivity contribution is 9.39. The van der Waals surface area contributed by atoms with E-state index in [4.69, 9.17) is 0 Å². The monoisotopic (exact) mass is 533 g/mol. The molecule has 9 heteroatoms. The van der Waals surface area contributed by atoms with Gasteiger partial charge in [-0.15, -0.1) is 0 Å². The van der Waals surface area contributed by atoms with Crippen LogP contribution in [0, 0.1) is 17.0 Å². The van der Waals surface area contributed by atoms with E-state index in [2.05, 4.69) is 58.4 Å². The zero-order valence-electron chi connectivity index (χ0n) is 13.0. The Hall–Kier alpha value is -1.45. The fourth-order valence-corrected chi connectivity index (χ4v) is 2.68. The number of hydrogen-bond acceptors (Lipinski definition) is 4. The van der Waals surface area contributed by atoms with E-state index in [1.165, 1.54) is 12.1 Å². The van der Waals surface area contributed by atoms with E-state index >= 15 is 0 Å². The molecule has 0 radical (unpaired) electrons. The second-order valence-electron chi connectivity index (χ2n) is 5.27. The second kappa shape index (κ2) is 8.29. The molecular weight excluding hydrogens is 522 g/mol. The van der Waals surface area contributed by atoms with Crippen molar-refractivity contribution in [2.45, 2.75) is 15.2 Å². The maximum atomic E-state index is 12.5. The molecule has 0 heterocycles. The summed E-state index contributed by atoms with van der Waals surface area (Å²) in [5.41, 5.74) is 2.01. The summed E-state index contributed by atoms with van der Waals surface area (Å²) in [6.07, 6.45) is -0.650. The van der Waals surface area contributed by atoms with Gasteiger partial charge in [-0.05, 0) is 25.1 Å². The number of rotatable bonds is 5. The van der Waals surface area contributed by atoms with Crippen LogP contribution in [0.5, 0.6) is 0 Å². The molecule has 0 saturated carbocycles. The number of carbonyl (C=O) groups is 1. The van der Waals surface area contributed by atoms with Crippen LogP contribution in [0.4, 0.5) is 11.4 Å². The standard InChI is InChI=1S/C16H14Br3N3O3/c1-10-5-7-11(8-6-10)14(23)21-15(16(17,18)19)20-12-3-2-4-13(9-12)22(24)25/h2-9,15,20H,1H3,(H,21,23). The van der Waals surface area contributed by atoms with Crippen molar-refractivity contribution in [3.8, 4) is 0 Å². The molecule has 25 heavy (non-hydrogen) atoms. The van der Waals surface area contributed by atoms with Crippen molar-refractivity contribution in [1.82, 2.24) is 5.32 Å². The molecule has 1 unspecified atom stereocenters. The Labute approximate surface area is 169 Å². The maximum Gasteiger partial charge on any atom is 0.271 e. The van der Waals surface area contributed by atoms with E-state index < -0.39 is 13.2 Å². The first-order valence-corrected chi connectivity index (χ1v) is 9.50. The van der Waals surface area contributed by atoms with Crippen molar-refractivity contribution in [3.05, 3.63) is 69.8 Å². The number of halogens is 3. The van der Waals surface area contributed by atoms with Gasteiger partial charge in [0.1, 0.15) is 6.17 Å². The number of carbonyl (C=O) groups excluding carboxylic acids is 1. The average molecular weight is 536 g/mol. The van der Waals surface area contributed by atoms with Crippen molar-refractivity contribution >= 4 is 65.1 Å². The molecule has 6 nitrogen and oxygen atoms in total. The quantitative estimate of drug-likeness (QED) is 0.247. The summed E-state index contributed by atoms with van der Waals surface area (Å²) < 4.78 is -0.863. The van der Waals surface area contributed by atoms with Gasteiger partial charge in [-0.1, -0.05) is 71.6 Å². The molecule has 1 atom stereocenters. The average Bonchev–Trinajstić information content (AvgIpc) is 2.54. The molecule has 2 aromatic rings. The Morgan fingerprint density at radius 1 is 1.16 bits per heavy atom. The number of aryl methyl sites for hydroxylation is 1. The van der Waals surface area contributed by atoms with Gasteiger partial charge in [-0.25, -0.2) is 0 Å². The first-order chi connectivity index (χ1) is 11.7. The van der Waals surface area contributed by atoms with E-state index in [1.54, 1.807) is 24.3 Å². The molecule has 0 aliphatic rings. The number of amides is 1. The van der Waals surface area contributed by atoms with Gasteiger partial charge >= 0.3 is 0 Å². The van der Waals surface area contributed by atoms with Crippen molar-refractivity contribution < 1.29 is 9.72 Å². The number of nitro benzene ring substituents is 1. The zero-order valence-corrected chi connectivity index (χ0v) is 17.8. The number of alkyl halides is 3. The molecule has 0 aliphatic heterocycles. The van der Waals surface area contributed by atoms with Crippen LogP contribution in [0.2, 0.25) is 0 Å². The molecule has 1 amide bonds. The lowest BCUT2D eigenvalue weighted by Gasteiger charge is -2.28. The Balaban J connectivity index is 2.19. The lowest BCUT2D eigenvalue weighted by molar-refractivity contribution is -0.384.